The molecule has 0 unspecified atom stereocenters. The third-order valence-electron chi connectivity index (χ3n) is 2.51. The van der Waals surface area contributed by atoms with Crippen molar-refractivity contribution in [2.75, 3.05) is 6.61 Å². The molecule has 0 aliphatic carbocycles. The molecule has 2 aromatic rings. The van der Waals surface area contributed by atoms with Crippen LogP contribution < -0.4 is 5.56 Å². The first-order valence-corrected chi connectivity index (χ1v) is 7.30. The summed E-state index contributed by atoms with van der Waals surface area (Å²) in [4.78, 5) is 30.6. The van der Waals surface area contributed by atoms with Crippen LogP contribution in [0.2, 0.25) is 0 Å². The third kappa shape index (κ3) is 2.75. The van der Waals surface area contributed by atoms with Crippen LogP contribution in [0.1, 0.15) is 18.3 Å². The van der Waals surface area contributed by atoms with E-state index >= 15 is 0 Å². The van der Waals surface area contributed by atoms with E-state index in [1.54, 1.807) is 6.92 Å². The maximum absolute atomic E-state index is 12.1. The molecule has 2 aromatic heterocycles. The molecule has 0 aliphatic heterocycles. The molecule has 0 saturated carbocycles. The Hall–Kier alpha value is -1.67. The highest BCUT2D eigenvalue weighted by Crippen LogP contribution is 2.33. The molecule has 2 N–H and O–H groups in total. The third-order valence-corrected chi connectivity index (χ3v) is 4.39. The van der Waals surface area contributed by atoms with Gasteiger partial charge in [-0.15, -0.1) is 11.3 Å². The van der Waals surface area contributed by atoms with Gasteiger partial charge in [0.2, 0.25) is 0 Å². The van der Waals surface area contributed by atoms with E-state index in [1.165, 1.54) is 11.3 Å². The normalized spacial score (nSPS) is 10.7. The van der Waals surface area contributed by atoms with E-state index in [9.17, 15) is 14.7 Å². The van der Waals surface area contributed by atoms with Gasteiger partial charge in [-0.25, -0.2) is 4.98 Å². The zero-order valence-corrected chi connectivity index (χ0v) is 12.9. The Bertz CT molecular complexity index is 750. The van der Waals surface area contributed by atoms with Gasteiger partial charge in [-0.05, 0) is 22.9 Å². The zero-order valence-electron chi connectivity index (χ0n) is 10.5. The minimum atomic E-state index is -0.429. The van der Waals surface area contributed by atoms with Crippen molar-refractivity contribution in [3.8, 4) is 0 Å². The van der Waals surface area contributed by atoms with Crippen LogP contribution in [0.25, 0.3) is 16.0 Å². The van der Waals surface area contributed by atoms with Crippen LogP contribution in [-0.4, -0.2) is 27.7 Å². The van der Waals surface area contributed by atoms with E-state index in [2.05, 4.69) is 32.5 Å². The SMILES string of the molecule is C=C(O)c1nc2sc(Br)c(CC(=O)OCC)c2c(=O)[nH]1. The van der Waals surface area contributed by atoms with Crippen molar-refractivity contribution in [1.82, 2.24) is 9.97 Å². The summed E-state index contributed by atoms with van der Waals surface area (Å²) < 4.78 is 5.52. The molecular weight excluding hydrogens is 348 g/mol. The number of ether oxygens (including phenoxy) is 1. The van der Waals surface area contributed by atoms with E-state index in [4.69, 9.17) is 4.74 Å². The van der Waals surface area contributed by atoms with E-state index in [-0.39, 0.29) is 24.6 Å². The van der Waals surface area contributed by atoms with Gasteiger partial charge in [-0.1, -0.05) is 6.58 Å². The summed E-state index contributed by atoms with van der Waals surface area (Å²) in [6, 6.07) is 0. The number of aliphatic hydroxyl groups excluding tert-OH is 1. The smallest absolute Gasteiger partial charge is 0.310 e. The number of esters is 1. The number of rotatable bonds is 4. The van der Waals surface area contributed by atoms with Crippen molar-refractivity contribution >= 4 is 49.2 Å². The molecule has 0 bridgehead atoms. The number of nitrogens with zero attached hydrogens (tertiary/aromatic N) is 1. The van der Waals surface area contributed by atoms with Gasteiger partial charge in [0, 0.05) is 5.56 Å². The predicted molar refractivity (Wildman–Crippen MR) is 79.9 cm³/mol. The fourth-order valence-electron chi connectivity index (χ4n) is 1.69. The summed E-state index contributed by atoms with van der Waals surface area (Å²) in [6.07, 6.45) is -0.0153. The van der Waals surface area contributed by atoms with Gasteiger partial charge in [0.25, 0.3) is 5.56 Å². The second-order valence-electron chi connectivity index (χ2n) is 3.88. The molecule has 20 heavy (non-hydrogen) atoms. The molecule has 2 rings (SSSR count). The lowest BCUT2D eigenvalue weighted by Crippen LogP contribution is -2.14. The number of hydrogen-bond acceptors (Lipinski definition) is 6. The predicted octanol–water partition coefficient (Wildman–Crippen LogP) is 2.38. The highest BCUT2D eigenvalue weighted by molar-refractivity contribution is 9.11. The number of hydrogen-bond donors (Lipinski definition) is 2. The van der Waals surface area contributed by atoms with Crippen molar-refractivity contribution in [2.45, 2.75) is 13.3 Å². The second kappa shape index (κ2) is 5.76. The molecule has 8 heteroatoms. The number of aromatic nitrogens is 2. The van der Waals surface area contributed by atoms with Crippen LogP contribution >= 0.6 is 27.3 Å². The largest absolute Gasteiger partial charge is 0.505 e. The lowest BCUT2D eigenvalue weighted by Gasteiger charge is -2.02. The van der Waals surface area contributed by atoms with Crippen LogP contribution in [-0.2, 0) is 16.0 Å². The standard InChI is InChI=1S/C12H11BrN2O4S/c1-3-19-7(17)4-6-8-11(18)14-10(5(2)16)15-12(8)20-9(6)13/h16H,2-4H2,1H3,(H,14,15,18). The molecule has 0 saturated heterocycles. The Morgan fingerprint density at radius 3 is 2.90 bits per heavy atom. The number of thiophene rings is 1. The van der Waals surface area contributed by atoms with Gasteiger partial charge >= 0.3 is 5.97 Å². The van der Waals surface area contributed by atoms with Crippen LogP contribution in [0.4, 0.5) is 0 Å². The number of aliphatic hydroxyl groups is 1. The van der Waals surface area contributed by atoms with Gasteiger partial charge in [0.15, 0.2) is 11.6 Å². The topological polar surface area (TPSA) is 92.3 Å². The molecule has 0 fully saturated rings. The molecule has 0 aliphatic rings. The molecule has 0 spiro atoms. The van der Waals surface area contributed by atoms with Crippen molar-refractivity contribution in [3.63, 3.8) is 0 Å². The van der Waals surface area contributed by atoms with Crippen molar-refractivity contribution in [1.29, 1.82) is 0 Å². The number of carbonyl (C=O) groups is 1. The number of aromatic amines is 1. The lowest BCUT2D eigenvalue weighted by molar-refractivity contribution is -0.142. The van der Waals surface area contributed by atoms with Crippen LogP contribution in [0.15, 0.2) is 15.2 Å². The molecular formula is C12H11BrN2O4S. The summed E-state index contributed by atoms with van der Waals surface area (Å²) in [5.41, 5.74) is 0.105. The number of halogens is 1. The summed E-state index contributed by atoms with van der Waals surface area (Å²) in [6.45, 7) is 5.31. The quantitative estimate of drug-likeness (QED) is 0.646. The molecule has 6 nitrogen and oxygen atoms in total. The molecule has 106 valence electrons. The van der Waals surface area contributed by atoms with E-state index in [0.29, 0.717) is 19.6 Å². The number of carbonyl (C=O) groups excluding carboxylic acids is 1. The maximum atomic E-state index is 12.1. The van der Waals surface area contributed by atoms with E-state index in [0.717, 1.165) is 0 Å². The first-order valence-electron chi connectivity index (χ1n) is 5.69. The van der Waals surface area contributed by atoms with E-state index < -0.39 is 11.5 Å². The minimum absolute atomic E-state index is 0.0129. The van der Waals surface area contributed by atoms with Gasteiger partial charge in [-0.2, -0.15) is 0 Å². The Morgan fingerprint density at radius 2 is 2.30 bits per heavy atom. The van der Waals surface area contributed by atoms with Gasteiger partial charge in [0.05, 0.1) is 22.2 Å². The highest BCUT2D eigenvalue weighted by atomic mass is 79.9. The summed E-state index contributed by atoms with van der Waals surface area (Å²) in [5.74, 6) is -0.720. The van der Waals surface area contributed by atoms with Crippen LogP contribution in [0.3, 0.4) is 0 Å². The lowest BCUT2D eigenvalue weighted by atomic mass is 10.2. The Labute approximate surface area is 126 Å². The van der Waals surface area contributed by atoms with Gasteiger partial charge in [0.1, 0.15) is 4.83 Å². The first kappa shape index (κ1) is 14.7. The van der Waals surface area contributed by atoms with Crippen LogP contribution in [0, 0.1) is 0 Å². The fourth-order valence-corrected chi connectivity index (χ4v) is 3.41. The van der Waals surface area contributed by atoms with Crippen molar-refractivity contribution in [3.05, 3.63) is 32.1 Å². The van der Waals surface area contributed by atoms with Crippen molar-refractivity contribution < 1.29 is 14.6 Å². The Balaban J connectivity index is 2.57. The highest BCUT2D eigenvalue weighted by Gasteiger charge is 2.19. The average Bonchev–Trinajstić information content (AvgIpc) is 2.66. The minimum Gasteiger partial charge on any atom is -0.505 e. The fraction of sp³-hybridized carbons (Fsp3) is 0.250. The monoisotopic (exact) mass is 358 g/mol. The molecule has 0 atom stereocenters. The average molecular weight is 359 g/mol. The summed E-state index contributed by atoms with van der Waals surface area (Å²) >= 11 is 4.53. The van der Waals surface area contributed by atoms with Crippen LogP contribution in [0.5, 0.6) is 0 Å². The molecule has 2 heterocycles. The first-order chi connectivity index (χ1) is 9.43. The number of nitrogens with one attached hydrogen (secondary N) is 1. The van der Waals surface area contributed by atoms with Crippen molar-refractivity contribution in [2.24, 2.45) is 0 Å². The maximum Gasteiger partial charge on any atom is 0.310 e. The Kier molecular flexibility index (Phi) is 4.24. The van der Waals surface area contributed by atoms with E-state index in [1.807, 2.05) is 0 Å². The molecule has 0 radical (unpaired) electrons. The molecule has 0 amide bonds. The number of H-pyrrole nitrogens is 1. The van der Waals surface area contributed by atoms with Gasteiger partial charge < -0.3 is 14.8 Å². The molecule has 0 aromatic carbocycles. The number of fused-ring (bicyclic) bond motifs is 1. The summed E-state index contributed by atoms with van der Waals surface area (Å²) in [5, 5.41) is 9.61. The Morgan fingerprint density at radius 1 is 1.60 bits per heavy atom. The second-order valence-corrected chi connectivity index (χ2v) is 6.19. The summed E-state index contributed by atoms with van der Waals surface area (Å²) in [7, 11) is 0. The zero-order chi connectivity index (χ0) is 14.9. The van der Waals surface area contributed by atoms with Gasteiger partial charge in [-0.3, -0.25) is 9.59 Å².